The average Bonchev–Trinajstić information content (AvgIpc) is 2.80. The van der Waals surface area contributed by atoms with Crippen molar-refractivity contribution in [1.29, 1.82) is 0 Å². The van der Waals surface area contributed by atoms with Crippen LogP contribution in [0.4, 0.5) is 0 Å². The van der Waals surface area contributed by atoms with E-state index in [1.807, 2.05) is 0 Å². The maximum Gasteiger partial charge on any atom is 0.338 e. The molecule has 0 saturated carbocycles. The molecule has 1 aliphatic heterocycles. The fourth-order valence-corrected chi connectivity index (χ4v) is 2.64. The van der Waals surface area contributed by atoms with Crippen molar-refractivity contribution in [1.82, 2.24) is 4.90 Å². The highest BCUT2D eigenvalue weighted by Gasteiger charge is 2.34. The summed E-state index contributed by atoms with van der Waals surface area (Å²) < 4.78 is 5.17. The molecule has 0 N–H and O–H groups in total. The molecule has 0 radical (unpaired) electrons. The average molecular weight is 323 g/mol. The van der Waals surface area contributed by atoms with Crippen molar-refractivity contribution in [3.8, 4) is 0 Å². The van der Waals surface area contributed by atoms with Crippen molar-refractivity contribution >= 4 is 17.8 Å². The van der Waals surface area contributed by atoms with Gasteiger partial charge in [0.05, 0.1) is 29.3 Å². The molecule has 2 aromatic carbocycles. The standard InChI is InChI=1S/C19H17NO4/c1-12(2)24-19(23)14-7-5-6-13(10-14)11-20-17(21)15-8-3-4-9-16(15)18(20)22/h3-10,12H,11H2,1-2H3. The van der Waals surface area contributed by atoms with Gasteiger partial charge in [-0.2, -0.15) is 0 Å². The second kappa shape index (κ2) is 6.28. The van der Waals surface area contributed by atoms with Gasteiger partial charge >= 0.3 is 5.97 Å². The van der Waals surface area contributed by atoms with Gasteiger partial charge in [0.2, 0.25) is 0 Å². The van der Waals surface area contributed by atoms with Gasteiger partial charge in [0.1, 0.15) is 0 Å². The fraction of sp³-hybridized carbons (Fsp3) is 0.211. The second-order valence-corrected chi connectivity index (χ2v) is 5.90. The summed E-state index contributed by atoms with van der Waals surface area (Å²) in [4.78, 5) is 38.0. The Hall–Kier alpha value is -2.95. The number of ether oxygens (including phenoxy) is 1. The summed E-state index contributed by atoms with van der Waals surface area (Å²) in [6.45, 7) is 3.68. The molecule has 2 aromatic rings. The van der Waals surface area contributed by atoms with E-state index >= 15 is 0 Å². The van der Waals surface area contributed by atoms with Crippen molar-refractivity contribution in [3.63, 3.8) is 0 Å². The molecule has 2 amide bonds. The smallest absolute Gasteiger partial charge is 0.338 e. The topological polar surface area (TPSA) is 63.7 Å². The Kier molecular flexibility index (Phi) is 4.16. The minimum Gasteiger partial charge on any atom is -0.459 e. The Morgan fingerprint density at radius 2 is 1.62 bits per heavy atom. The predicted octanol–water partition coefficient (Wildman–Crippen LogP) is 3.05. The number of imide groups is 1. The van der Waals surface area contributed by atoms with E-state index in [2.05, 4.69) is 0 Å². The van der Waals surface area contributed by atoms with Crippen LogP contribution in [0.5, 0.6) is 0 Å². The van der Waals surface area contributed by atoms with E-state index in [0.29, 0.717) is 22.3 Å². The van der Waals surface area contributed by atoms with Crippen molar-refractivity contribution in [2.75, 3.05) is 0 Å². The summed E-state index contributed by atoms with van der Waals surface area (Å²) in [5.74, 6) is -1.05. The predicted molar refractivity (Wildman–Crippen MR) is 87.6 cm³/mol. The molecule has 0 fully saturated rings. The Morgan fingerprint density at radius 1 is 1.00 bits per heavy atom. The molecule has 0 aliphatic carbocycles. The molecule has 0 atom stereocenters. The number of carbonyl (C=O) groups excluding carboxylic acids is 3. The molecule has 0 aromatic heterocycles. The minimum atomic E-state index is -0.422. The van der Waals surface area contributed by atoms with Crippen LogP contribution in [-0.2, 0) is 11.3 Å². The zero-order valence-electron chi connectivity index (χ0n) is 13.5. The van der Waals surface area contributed by atoms with Crippen LogP contribution in [0.1, 0.15) is 50.5 Å². The third kappa shape index (κ3) is 2.93. The highest BCUT2D eigenvalue weighted by Crippen LogP contribution is 2.24. The summed E-state index contributed by atoms with van der Waals surface area (Å²) in [5.41, 5.74) is 1.93. The normalized spacial score (nSPS) is 13.4. The second-order valence-electron chi connectivity index (χ2n) is 5.90. The van der Waals surface area contributed by atoms with Crippen LogP contribution >= 0.6 is 0 Å². The lowest BCUT2D eigenvalue weighted by Gasteiger charge is -2.14. The Bertz CT molecular complexity index is 791. The number of hydrogen-bond donors (Lipinski definition) is 0. The van der Waals surface area contributed by atoms with E-state index in [4.69, 9.17) is 4.74 Å². The minimum absolute atomic E-state index is 0.120. The van der Waals surface area contributed by atoms with E-state index in [1.165, 1.54) is 4.90 Å². The van der Waals surface area contributed by atoms with E-state index in [0.717, 1.165) is 0 Å². The summed E-state index contributed by atoms with van der Waals surface area (Å²) in [6, 6.07) is 13.5. The van der Waals surface area contributed by atoms with Crippen LogP contribution in [-0.4, -0.2) is 28.8 Å². The number of fused-ring (bicyclic) bond motifs is 1. The molecule has 3 rings (SSSR count). The van der Waals surface area contributed by atoms with Gasteiger partial charge in [0, 0.05) is 0 Å². The maximum atomic E-state index is 12.4. The molecular weight excluding hydrogens is 306 g/mol. The van der Waals surface area contributed by atoms with Crippen LogP contribution in [0.15, 0.2) is 48.5 Å². The lowest BCUT2D eigenvalue weighted by molar-refractivity contribution is 0.0377. The van der Waals surface area contributed by atoms with Gasteiger partial charge in [0.15, 0.2) is 0 Å². The van der Waals surface area contributed by atoms with Crippen LogP contribution in [0.3, 0.4) is 0 Å². The van der Waals surface area contributed by atoms with Crippen LogP contribution < -0.4 is 0 Å². The van der Waals surface area contributed by atoms with E-state index in [9.17, 15) is 14.4 Å². The highest BCUT2D eigenvalue weighted by molar-refractivity contribution is 6.21. The van der Waals surface area contributed by atoms with E-state index < -0.39 is 5.97 Å². The summed E-state index contributed by atoms with van der Waals surface area (Å²) >= 11 is 0. The number of rotatable bonds is 4. The Balaban J connectivity index is 1.82. The summed E-state index contributed by atoms with van der Waals surface area (Å²) in [5, 5.41) is 0. The molecule has 122 valence electrons. The molecule has 24 heavy (non-hydrogen) atoms. The maximum absolute atomic E-state index is 12.4. The number of hydrogen-bond acceptors (Lipinski definition) is 4. The number of amides is 2. The first kappa shape index (κ1) is 15.9. The number of carbonyl (C=O) groups is 3. The molecule has 5 heteroatoms. The molecular formula is C19H17NO4. The lowest BCUT2D eigenvalue weighted by atomic mass is 10.1. The first-order valence-corrected chi connectivity index (χ1v) is 7.72. The van der Waals surface area contributed by atoms with Gasteiger partial charge in [0.25, 0.3) is 11.8 Å². The fourth-order valence-electron chi connectivity index (χ4n) is 2.64. The molecule has 0 bridgehead atoms. The van der Waals surface area contributed by atoms with Crippen molar-refractivity contribution in [3.05, 3.63) is 70.8 Å². The molecule has 0 saturated heterocycles. The van der Waals surface area contributed by atoms with Gasteiger partial charge in [-0.25, -0.2) is 4.79 Å². The van der Waals surface area contributed by atoms with Crippen molar-refractivity contribution in [2.24, 2.45) is 0 Å². The largest absolute Gasteiger partial charge is 0.459 e. The number of esters is 1. The van der Waals surface area contributed by atoms with Crippen molar-refractivity contribution in [2.45, 2.75) is 26.5 Å². The molecule has 5 nitrogen and oxygen atoms in total. The van der Waals surface area contributed by atoms with E-state index in [1.54, 1.807) is 62.4 Å². The van der Waals surface area contributed by atoms with Crippen LogP contribution in [0, 0.1) is 0 Å². The molecule has 0 unspecified atom stereocenters. The van der Waals surface area contributed by atoms with Gasteiger partial charge in [-0.15, -0.1) is 0 Å². The van der Waals surface area contributed by atoms with Crippen LogP contribution in [0.25, 0.3) is 0 Å². The summed E-state index contributed by atoms with van der Waals surface area (Å²) in [6.07, 6.45) is -0.211. The Morgan fingerprint density at radius 3 is 2.21 bits per heavy atom. The van der Waals surface area contributed by atoms with Crippen molar-refractivity contribution < 1.29 is 19.1 Å². The van der Waals surface area contributed by atoms with Gasteiger partial charge < -0.3 is 4.74 Å². The zero-order valence-corrected chi connectivity index (χ0v) is 13.5. The molecule has 1 aliphatic rings. The Labute approximate surface area is 139 Å². The third-order valence-corrected chi connectivity index (χ3v) is 3.72. The summed E-state index contributed by atoms with van der Waals surface area (Å²) in [7, 11) is 0. The van der Waals surface area contributed by atoms with Gasteiger partial charge in [-0.1, -0.05) is 24.3 Å². The third-order valence-electron chi connectivity index (χ3n) is 3.72. The quantitative estimate of drug-likeness (QED) is 0.641. The zero-order chi connectivity index (χ0) is 17.3. The van der Waals surface area contributed by atoms with Crippen LogP contribution in [0.2, 0.25) is 0 Å². The van der Waals surface area contributed by atoms with E-state index in [-0.39, 0.29) is 24.5 Å². The SMILES string of the molecule is CC(C)OC(=O)c1cccc(CN2C(=O)c3ccccc3C2=O)c1. The highest BCUT2D eigenvalue weighted by atomic mass is 16.5. The first-order chi connectivity index (χ1) is 11.5. The monoisotopic (exact) mass is 323 g/mol. The molecule has 1 heterocycles. The van der Waals surface area contributed by atoms with Gasteiger partial charge in [-0.3, -0.25) is 14.5 Å². The number of benzene rings is 2. The number of nitrogens with zero attached hydrogens (tertiary/aromatic N) is 1. The lowest BCUT2D eigenvalue weighted by Crippen LogP contribution is -2.29. The first-order valence-electron chi connectivity index (χ1n) is 7.72. The molecule has 0 spiro atoms. The van der Waals surface area contributed by atoms with Gasteiger partial charge in [-0.05, 0) is 43.7 Å².